The summed E-state index contributed by atoms with van der Waals surface area (Å²) in [5.74, 6) is 0. The van der Waals surface area contributed by atoms with Gasteiger partial charge < -0.3 is 5.32 Å². The van der Waals surface area contributed by atoms with Crippen LogP contribution in [0.5, 0.6) is 0 Å². The van der Waals surface area contributed by atoms with Crippen molar-refractivity contribution in [2.24, 2.45) is 4.99 Å². The normalized spacial score (nSPS) is 14.8. The molecule has 0 amide bonds. The van der Waals surface area contributed by atoms with E-state index in [1.807, 2.05) is 30.8 Å². The maximum atomic E-state index is 4.14. The first-order valence-corrected chi connectivity index (χ1v) is 4.37. The quantitative estimate of drug-likeness (QED) is 0.560. The molecule has 0 saturated carbocycles. The summed E-state index contributed by atoms with van der Waals surface area (Å²) in [6.45, 7) is 1.87. The number of hydrogen-bond acceptors (Lipinski definition) is 2. The number of benzene rings is 1. The summed E-state index contributed by atoms with van der Waals surface area (Å²) in [5.41, 5.74) is 2.28. The summed E-state index contributed by atoms with van der Waals surface area (Å²) < 4.78 is 0.918. The van der Waals surface area contributed by atoms with Crippen LogP contribution >= 0.6 is 22.6 Å². The molecule has 0 atom stereocenters. The van der Waals surface area contributed by atoms with Crippen LogP contribution in [0.2, 0.25) is 0 Å². The van der Waals surface area contributed by atoms with Gasteiger partial charge in [0.2, 0.25) is 0 Å². The Kier molecular flexibility index (Phi) is 1.81. The summed E-state index contributed by atoms with van der Waals surface area (Å²) in [4.78, 5) is 4.14. The second-order valence-corrected chi connectivity index (χ2v) is 3.28. The largest absolute Gasteiger partial charge is 0.335 e. The SMILES string of the molecule is IC1=N[CH]c2ccccc2N1. The van der Waals surface area contributed by atoms with Crippen LogP contribution in [0.15, 0.2) is 29.3 Å². The minimum Gasteiger partial charge on any atom is -0.335 e. The molecule has 2 rings (SSSR count). The minimum absolute atomic E-state index is 0.918. The van der Waals surface area contributed by atoms with Gasteiger partial charge in [-0.05, 0) is 28.7 Å². The van der Waals surface area contributed by atoms with Gasteiger partial charge in [0.15, 0.2) is 3.84 Å². The van der Waals surface area contributed by atoms with Crippen LogP contribution in [0, 0.1) is 6.54 Å². The molecule has 0 unspecified atom stereocenters. The molecule has 0 aliphatic carbocycles. The van der Waals surface area contributed by atoms with Crippen LogP contribution in [0.1, 0.15) is 5.56 Å². The van der Waals surface area contributed by atoms with Gasteiger partial charge in [-0.2, -0.15) is 0 Å². The number of anilines is 1. The van der Waals surface area contributed by atoms with Crippen molar-refractivity contribution in [2.75, 3.05) is 5.32 Å². The predicted octanol–water partition coefficient (Wildman–Crippen LogP) is 2.41. The molecule has 2 nitrogen and oxygen atoms in total. The van der Waals surface area contributed by atoms with Gasteiger partial charge >= 0.3 is 0 Å². The topological polar surface area (TPSA) is 24.4 Å². The highest BCUT2D eigenvalue weighted by Gasteiger charge is 2.07. The fraction of sp³-hybridized carbons (Fsp3) is 0. The highest BCUT2D eigenvalue weighted by Crippen LogP contribution is 2.22. The Morgan fingerprint density at radius 1 is 1.27 bits per heavy atom. The lowest BCUT2D eigenvalue weighted by molar-refractivity contribution is 1.31. The fourth-order valence-electron chi connectivity index (χ4n) is 0.993. The molecule has 1 N–H and O–H groups in total. The van der Waals surface area contributed by atoms with Gasteiger partial charge in [-0.25, -0.2) is 0 Å². The zero-order valence-electron chi connectivity index (χ0n) is 5.71. The first kappa shape index (κ1) is 7.09. The zero-order chi connectivity index (χ0) is 7.68. The van der Waals surface area contributed by atoms with Crippen LogP contribution in [0.3, 0.4) is 0 Å². The standard InChI is InChI=1S/C8H6IN2/c9-8-10-5-6-3-1-2-4-7(6)11-8/h1-5H,(H,10,11). The van der Waals surface area contributed by atoms with Crippen molar-refractivity contribution >= 4 is 32.1 Å². The number of halogens is 1. The molecule has 0 saturated heterocycles. The Bertz CT molecular complexity index is 307. The highest BCUT2D eigenvalue weighted by molar-refractivity contribution is 14.1. The van der Waals surface area contributed by atoms with Crippen molar-refractivity contribution in [1.82, 2.24) is 0 Å². The molecule has 1 aromatic rings. The monoisotopic (exact) mass is 257 g/mol. The molecule has 0 spiro atoms. The Balaban J connectivity index is 2.42. The Morgan fingerprint density at radius 3 is 3.00 bits per heavy atom. The fourth-order valence-corrected chi connectivity index (χ4v) is 1.42. The molecule has 1 radical (unpaired) electrons. The van der Waals surface area contributed by atoms with E-state index < -0.39 is 0 Å². The first-order valence-electron chi connectivity index (χ1n) is 3.29. The maximum absolute atomic E-state index is 4.14. The third-order valence-corrected chi connectivity index (χ3v) is 2.06. The van der Waals surface area contributed by atoms with Crippen LogP contribution in [0.4, 0.5) is 5.69 Å². The number of nitrogens with one attached hydrogen (secondary N) is 1. The van der Waals surface area contributed by atoms with Gasteiger partial charge in [0.1, 0.15) is 6.54 Å². The van der Waals surface area contributed by atoms with Crippen molar-refractivity contribution in [3.8, 4) is 0 Å². The minimum atomic E-state index is 0.918. The number of aliphatic imine (C=N–C) groups is 1. The second kappa shape index (κ2) is 2.81. The third-order valence-electron chi connectivity index (χ3n) is 1.52. The summed E-state index contributed by atoms with van der Waals surface area (Å²) >= 11 is 2.16. The van der Waals surface area contributed by atoms with Gasteiger partial charge in [0.25, 0.3) is 0 Å². The summed E-state index contributed by atoms with van der Waals surface area (Å²) in [6, 6.07) is 8.09. The molecule has 1 aromatic carbocycles. The molecular formula is C8H6IN2. The maximum Gasteiger partial charge on any atom is 0.165 e. The molecule has 1 aliphatic rings. The highest BCUT2D eigenvalue weighted by atomic mass is 127. The average molecular weight is 257 g/mol. The van der Waals surface area contributed by atoms with E-state index in [0.29, 0.717) is 0 Å². The average Bonchev–Trinajstić information content (AvgIpc) is 2.04. The van der Waals surface area contributed by atoms with E-state index in [-0.39, 0.29) is 0 Å². The molecule has 1 aliphatic heterocycles. The van der Waals surface area contributed by atoms with Crippen molar-refractivity contribution in [1.29, 1.82) is 0 Å². The van der Waals surface area contributed by atoms with E-state index in [0.717, 1.165) is 15.1 Å². The van der Waals surface area contributed by atoms with Gasteiger partial charge in [-0.15, -0.1) is 0 Å². The number of rotatable bonds is 0. The molecule has 0 bridgehead atoms. The van der Waals surface area contributed by atoms with Gasteiger partial charge in [-0.1, -0.05) is 18.2 Å². The number of amidine groups is 1. The number of fused-ring (bicyclic) bond motifs is 1. The Morgan fingerprint density at radius 2 is 2.09 bits per heavy atom. The lowest BCUT2D eigenvalue weighted by Gasteiger charge is -2.13. The first-order chi connectivity index (χ1) is 5.36. The number of nitrogens with zero attached hydrogens (tertiary/aromatic N) is 1. The molecule has 0 aromatic heterocycles. The van der Waals surface area contributed by atoms with Gasteiger partial charge in [-0.3, -0.25) is 4.99 Å². The Hall–Kier alpha value is -0.580. The van der Waals surface area contributed by atoms with E-state index in [2.05, 4.69) is 32.9 Å². The van der Waals surface area contributed by atoms with Gasteiger partial charge in [0.05, 0.1) is 0 Å². The Labute approximate surface area is 78.9 Å². The second-order valence-electron chi connectivity index (χ2n) is 2.26. The van der Waals surface area contributed by atoms with Crippen LogP contribution in [-0.4, -0.2) is 3.84 Å². The zero-order valence-corrected chi connectivity index (χ0v) is 7.87. The van der Waals surface area contributed by atoms with Crippen molar-refractivity contribution in [3.05, 3.63) is 36.4 Å². The van der Waals surface area contributed by atoms with E-state index in [9.17, 15) is 0 Å². The smallest absolute Gasteiger partial charge is 0.165 e. The van der Waals surface area contributed by atoms with Crippen LogP contribution in [-0.2, 0) is 0 Å². The van der Waals surface area contributed by atoms with Crippen molar-refractivity contribution in [2.45, 2.75) is 0 Å². The molecule has 1 heterocycles. The molecule has 0 fully saturated rings. The van der Waals surface area contributed by atoms with Crippen molar-refractivity contribution in [3.63, 3.8) is 0 Å². The molecular weight excluding hydrogens is 251 g/mol. The van der Waals surface area contributed by atoms with E-state index in [1.54, 1.807) is 0 Å². The van der Waals surface area contributed by atoms with E-state index in [1.165, 1.54) is 0 Å². The molecule has 11 heavy (non-hydrogen) atoms. The van der Waals surface area contributed by atoms with Gasteiger partial charge in [0, 0.05) is 11.3 Å². The predicted molar refractivity (Wildman–Crippen MR) is 54.9 cm³/mol. The van der Waals surface area contributed by atoms with Crippen molar-refractivity contribution < 1.29 is 0 Å². The molecule has 3 heteroatoms. The van der Waals surface area contributed by atoms with E-state index >= 15 is 0 Å². The third kappa shape index (κ3) is 1.38. The molecule has 55 valence electrons. The lowest BCUT2D eigenvalue weighted by atomic mass is 10.1. The number of hydrogen-bond donors (Lipinski definition) is 1. The van der Waals surface area contributed by atoms with Crippen LogP contribution in [0.25, 0.3) is 0 Å². The number of para-hydroxylation sites is 1. The summed E-state index contributed by atoms with van der Waals surface area (Å²) in [7, 11) is 0. The van der Waals surface area contributed by atoms with E-state index in [4.69, 9.17) is 0 Å². The van der Waals surface area contributed by atoms with Crippen LogP contribution < -0.4 is 5.32 Å². The summed E-state index contributed by atoms with van der Waals surface area (Å²) in [6.07, 6.45) is 0. The summed E-state index contributed by atoms with van der Waals surface area (Å²) in [5, 5.41) is 3.17. The lowest BCUT2D eigenvalue weighted by Crippen LogP contribution is -2.09.